The summed E-state index contributed by atoms with van der Waals surface area (Å²) < 4.78 is 12.5. The zero-order valence-electron chi connectivity index (χ0n) is 7.44. The Morgan fingerprint density at radius 2 is 2.07 bits per heavy atom. The van der Waals surface area contributed by atoms with Gasteiger partial charge in [0.15, 0.2) is 0 Å². The molecule has 15 heavy (non-hydrogen) atoms. The maximum Gasteiger partial charge on any atom is 0.288 e. The number of amides is 1. The van der Waals surface area contributed by atoms with Crippen molar-refractivity contribution in [3.8, 4) is 6.07 Å². The fourth-order valence-electron chi connectivity index (χ4n) is 0.842. The Bertz CT molecular complexity index is 434. The molecule has 2 N–H and O–H groups in total. The van der Waals surface area contributed by atoms with E-state index >= 15 is 0 Å². The Hall–Kier alpha value is -2.42. The lowest BCUT2D eigenvalue weighted by Gasteiger charge is -2.01. The molecule has 1 aromatic rings. The van der Waals surface area contributed by atoms with Crippen LogP contribution in [-0.4, -0.2) is 16.8 Å². The molecule has 1 amide bonds. The van der Waals surface area contributed by atoms with E-state index in [4.69, 9.17) is 10.5 Å². The van der Waals surface area contributed by atoms with Crippen LogP contribution in [0.3, 0.4) is 0 Å². The molecule has 0 spiro atoms. The molecule has 0 fully saturated rings. The number of hydrogen-bond acceptors (Lipinski definition) is 4. The maximum absolute atomic E-state index is 12.5. The van der Waals surface area contributed by atoms with Crippen LogP contribution in [0, 0.1) is 17.1 Å². The minimum Gasteiger partial charge on any atom is -0.410 e. The van der Waals surface area contributed by atoms with Crippen molar-refractivity contribution in [3.05, 3.63) is 30.1 Å². The highest BCUT2D eigenvalue weighted by Gasteiger charge is 2.11. The van der Waals surface area contributed by atoms with Gasteiger partial charge >= 0.3 is 0 Å². The predicted octanol–water partition coefficient (Wildman–Crippen LogP) is 1.12. The van der Waals surface area contributed by atoms with Crippen LogP contribution in [0.4, 0.5) is 10.1 Å². The van der Waals surface area contributed by atoms with E-state index in [0.717, 1.165) is 12.1 Å². The highest BCUT2D eigenvalue weighted by Crippen LogP contribution is 2.07. The summed E-state index contributed by atoms with van der Waals surface area (Å²) >= 11 is 0. The van der Waals surface area contributed by atoms with E-state index in [9.17, 15) is 9.18 Å². The average molecular weight is 207 g/mol. The normalized spacial score (nSPS) is 10.5. The van der Waals surface area contributed by atoms with Crippen molar-refractivity contribution in [3.63, 3.8) is 0 Å². The Labute approximate surface area is 84.4 Å². The first-order valence-electron chi connectivity index (χ1n) is 3.86. The van der Waals surface area contributed by atoms with Crippen LogP contribution >= 0.6 is 0 Å². The third-order valence-electron chi connectivity index (χ3n) is 1.52. The number of rotatable bonds is 2. The second-order valence-electron chi connectivity index (χ2n) is 2.52. The quantitative estimate of drug-likeness (QED) is 0.432. The fourth-order valence-corrected chi connectivity index (χ4v) is 0.842. The van der Waals surface area contributed by atoms with Crippen LogP contribution in [0.25, 0.3) is 0 Å². The SMILES string of the molecule is N#CC(=NO)C(=O)Nc1ccc(F)cc1. The van der Waals surface area contributed by atoms with Crippen molar-refractivity contribution in [2.45, 2.75) is 0 Å². The minimum absolute atomic E-state index is 0.304. The van der Waals surface area contributed by atoms with Gasteiger partial charge in [-0.2, -0.15) is 5.26 Å². The Morgan fingerprint density at radius 3 is 2.53 bits per heavy atom. The van der Waals surface area contributed by atoms with Crippen molar-refractivity contribution in [1.29, 1.82) is 5.26 Å². The largest absolute Gasteiger partial charge is 0.410 e. The van der Waals surface area contributed by atoms with Gasteiger partial charge in [-0.25, -0.2) is 4.39 Å². The molecule has 0 heterocycles. The van der Waals surface area contributed by atoms with E-state index in [1.54, 1.807) is 0 Å². The van der Waals surface area contributed by atoms with Gasteiger partial charge in [-0.1, -0.05) is 5.16 Å². The number of halogens is 1. The molecular formula is C9H6FN3O2. The standard InChI is InChI=1S/C9H6FN3O2/c10-6-1-3-7(4-2-6)12-9(14)8(5-11)13-15/h1-4,15H,(H,12,14). The Morgan fingerprint density at radius 1 is 1.47 bits per heavy atom. The molecule has 0 unspecified atom stereocenters. The molecule has 0 aromatic heterocycles. The van der Waals surface area contributed by atoms with E-state index in [1.165, 1.54) is 18.2 Å². The number of carbonyl (C=O) groups is 1. The van der Waals surface area contributed by atoms with Crippen molar-refractivity contribution in [2.24, 2.45) is 5.16 Å². The Kier molecular flexibility index (Phi) is 3.35. The van der Waals surface area contributed by atoms with Crippen molar-refractivity contribution >= 4 is 17.3 Å². The molecule has 1 aromatic carbocycles. The molecule has 1 rings (SSSR count). The van der Waals surface area contributed by atoms with Crippen LogP contribution < -0.4 is 5.32 Å². The third-order valence-corrected chi connectivity index (χ3v) is 1.52. The summed E-state index contributed by atoms with van der Waals surface area (Å²) in [5.74, 6) is -1.30. The summed E-state index contributed by atoms with van der Waals surface area (Å²) in [6.07, 6.45) is 0. The highest BCUT2D eigenvalue weighted by atomic mass is 19.1. The lowest BCUT2D eigenvalue weighted by molar-refractivity contribution is -0.110. The van der Waals surface area contributed by atoms with E-state index in [0.29, 0.717) is 5.69 Å². The smallest absolute Gasteiger partial charge is 0.288 e. The summed E-state index contributed by atoms with van der Waals surface area (Å²) in [6, 6.07) is 6.34. The number of benzene rings is 1. The molecule has 0 bridgehead atoms. The number of nitriles is 1. The molecule has 0 radical (unpaired) electrons. The molecule has 0 aliphatic heterocycles. The molecule has 0 aliphatic rings. The molecule has 6 heteroatoms. The summed E-state index contributed by atoms with van der Waals surface area (Å²) in [7, 11) is 0. The van der Waals surface area contributed by atoms with Gasteiger partial charge in [-0.15, -0.1) is 0 Å². The minimum atomic E-state index is -0.855. The second-order valence-corrected chi connectivity index (χ2v) is 2.52. The van der Waals surface area contributed by atoms with Gasteiger partial charge in [-0.3, -0.25) is 4.79 Å². The van der Waals surface area contributed by atoms with Gasteiger partial charge in [0.1, 0.15) is 11.9 Å². The lowest BCUT2D eigenvalue weighted by Crippen LogP contribution is -2.21. The van der Waals surface area contributed by atoms with Crippen LogP contribution in [0.15, 0.2) is 29.4 Å². The number of oxime groups is 1. The van der Waals surface area contributed by atoms with Gasteiger partial charge < -0.3 is 10.5 Å². The first-order chi connectivity index (χ1) is 7.17. The van der Waals surface area contributed by atoms with E-state index < -0.39 is 17.4 Å². The first-order valence-corrected chi connectivity index (χ1v) is 3.86. The molecular weight excluding hydrogens is 201 g/mol. The summed E-state index contributed by atoms with van der Waals surface area (Å²) in [5, 5.41) is 21.4. The molecule has 76 valence electrons. The first kappa shape index (κ1) is 10.7. The van der Waals surface area contributed by atoms with E-state index in [-0.39, 0.29) is 0 Å². The van der Waals surface area contributed by atoms with Crippen LogP contribution in [-0.2, 0) is 4.79 Å². The van der Waals surface area contributed by atoms with Gasteiger partial charge in [0, 0.05) is 5.69 Å². The zero-order chi connectivity index (χ0) is 11.3. The summed E-state index contributed by atoms with van der Waals surface area (Å²) in [4.78, 5) is 11.1. The monoisotopic (exact) mass is 207 g/mol. The second kappa shape index (κ2) is 4.72. The molecule has 5 nitrogen and oxygen atoms in total. The predicted molar refractivity (Wildman–Crippen MR) is 49.9 cm³/mol. The van der Waals surface area contributed by atoms with Crippen molar-refractivity contribution in [2.75, 3.05) is 5.32 Å². The molecule has 0 saturated heterocycles. The highest BCUT2D eigenvalue weighted by molar-refractivity contribution is 6.48. The number of nitrogens with zero attached hydrogens (tertiary/aromatic N) is 2. The van der Waals surface area contributed by atoms with Crippen molar-refractivity contribution < 1.29 is 14.4 Å². The van der Waals surface area contributed by atoms with Gasteiger partial charge in [-0.05, 0) is 24.3 Å². The molecule has 0 saturated carbocycles. The molecule has 0 aliphatic carbocycles. The number of hydrogen-bond donors (Lipinski definition) is 2. The lowest BCUT2D eigenvalue weighted by atomic mass is 10.3. The number of nitrogens with one attached hydrogen (secondary N) is 1. The van der Waals surface area contributed by atoms with Crippen molar-refractivity contribution in [1.82, 2.24) is 0 Å². The van der Waals surface area contributed by atoms with E-state index in [2.05, 4.69) is 10.5 Å². The zero-order valence-corrected chi connectivity index (χ0v) is 7.44. The number of carbonyl (C=O) groups excluding carboxylic acids is 1. The fraction of sp³-hybridized carbons (Fsp3) is 0. The summed E-state index contributed by atoms with van der Waals surface area (Å²) in [6.45, 7) is 0. The third kappa shape index (κ3) is 2.77. The van der Waals surface area contributed by atoms with Gasteiger partial charge in [0.2, 0.25) is 5.71 Å². The topological polar surface area (TPSA) is 85.5 Å². The van der Waals surface area contributed by atoms with E-state index in [1.807, 2.05) is 0 Å². The molecule has 0 atom stereocenters. The Balaban J connectivity index is 2.76. The van der Waals surface area contributed by atoms with Gasteiger partial charge in [0.25, 0.3) is 5.91 Å². The maximum atomic E-state index is 12.5. The van der Waals surface area contributed by atoms with Crippen LogP contribution in [0.5, 0.6) is 0 Å². The average Bonchev–Trinajstić information content (AvgIpc) is 2.23. The van der Waals surface area contributed by atoms with Crippen LogP contribution in [0.2, 0.25) is 0 Å². The van der Waals surface area contributed by atoms with Crippen LogP contribution in [0.1, 0.15) is 0 Å². The summed E-state index contributed by atoms with van der Waals surface area (Å²) in [5.41, 5.74) is -0.364. The number of anilines is 1. The van der Waals surface area contributed by atoms with Gasteiger partial charge in [0.05, 0.1) is 0 Å².